The fourth-order valence-corrected chi connectivity index (χ4v) is 1.13. The number of hydrogen-bond donors (Lipinski definition) is 0. The molecule has 1 heterocycles. The zero-order valence-corrected chi connectivity index (χ0v) is 9.89. The summed E-state index contributed by atoms with van der Waals surface area (Å²) in [6.45, 7) is 0. The highest BCUT2D eigenvalue weighted by molar-refractivity contribution is 6.30. The first-order valence-corrected chi connectivity index (χ1v) is 5.01. The maximum atomic E-state index is 12.4. The van der Waals surface area contributed by atoms with Crippen molar-refractivity contribution < 1.29 is 22.7 Å². The topological polar surface area (TPSA) is 39.2 Å². The minimum Gasteiger partial charge on any atom is -0.468 e. The third-order valence-corrected chi connectivity index (χ3v) is 2.15. The molecule has 1 aromatic rings. The molecule has 0 amide bonds. The van der Waals surface area contributed by atoms with Crippen LogP contribution < -0.4 is 0 Å². The molecular weight excluding hydrogens is 271 g/mol. The van der Waals surface area contributed by atoms with Crippen molar-refractivity contribution in [1.29, 1.82) is 0 Å². The van der Waals surface area contributed by atoms with Crippen LogP contribution in [0.25, 0.3) is 0 Å². The Morgan fingerprint density at radius 2 is 2.22 bits per heavy atom. The maximum Gasteiger partial charge on any atom is 0.417 e. The van der Waals surface area contributed by atoms with E-state index in [2.05, 4.69) is 21.6 Å². The van der Waals surface area contributed by atoms with Gasteiger partial charge in [-0.2, -0.15) is 13.2 Å². The number of rotatable bonds is 1. The van der Waals surface area contributed by atoms with Crippen LogP contribution in [0, 0.1) is 11.8 Å². The quantitative estimate of drug-likeness (QED) is 0.450. The summed E-state index contributed by atoms with van der Waals surface area (Å²) in [7, 11) is 1.18. The van der Waals surface area contributed by atoms with E-state index in [1.165, 1.54) is 7.11 Å². The van der Waals surface area contributed by atoms with E-state index in [-0.39, 0.29) is 17.1 Å². The van der Waals surface area contributed by atoms with E-state index >= 15 is 0 Å². The van der Waals surface area contributed by atoms with Crippen LogP contribution in [0.3, 0.4) is 0 Å². The summed E-state index contributed by atoms with van der Waals surface area (Å²) < 4.78 is 41.5. The van der Waals surface area contributed by atoms with E-state index < -0.39 is 17.7 Å². The SMILES string of the molecule is COC(=O)CC#Cc1cc(C(F)(F)F)cnc1Cl. The predicted molar refractivity (Wildman–Crippen MR) is 57.8 cm³/mol. The van der Waals surface area contributed by atoms with Crippen LogP contribution in [-0.2, 0) is 15.7 Å². The summed E-state index contributed by atoms with van der Waals surface area (Å²) >= 11 is 5.60. The second kappa shape index (κ2) is 5.74. The van der Waals surface area contributed by atoms with Crippen molar-refractivity contribution >= 4 is 17.6 Å². The van der Waals surface area contributed by atoms with Crippen LogP contribution in [0.2, 0.25) is 5.15 Å². The van der Waals surface area contributed by atoms with E-state index in [1.54, 1.807) is 0 Å². The largest absolute Gasteiger partial charge is 0.468 e. The van der Waals surface area contributed by atoms with E-state index in [0.29, 0.717) is 6.20 Å². The summed E-state index contributed by atoms with van der Waals surface area (Å²) in [6.07, 6.45) is -4.13. The number of nitrogens with zero attached hydrogens (tertiary/aromatic N) is 1. The van der Waals surface area contributed by atoms with Gasteiger partial charge < -0.3 is 4.74 Å². The molecule has 0 fully saturated rings. The van der Waals surface area contributed by atoms with Crippen LogP contribution in [-0.4, -0.2) is 18.1 Å². The summed E-state index contributed by atoms with van der Waals surface area (Å²) in [4.78, 5) is 14.2. The van der Waals surface area contributed by atoms with Gasteiger partial charge in [-0.15, -0.1) is 0 Å². The predicted octanol–water partition coefficient (Wildman–Crippen LogP) is 2.67. The first-order valence-electron chi connectivity index (χ1n) is 4.63. The van der Waals surface area contributed by atoms with Crippen LogP contribution in [0.4, 0.5) is 13.2 Å². The molecule has 0 saturated carbocycles. The van der Waals surface area contributed by atoms with Crippen molar-refractivity contribution in [2.24, 2.45) is 0 Å². The monoisotopic (exact) mass is 277 g/mol. The van der Waals surface area contributed by atoms with Crippen molar-refractivity contribution in [3.8, 4) is 11.8 Å². The van der Waals surface area contributed by atoms with Gasteiger partial charge in [0.1, 0.15) is 11.6 Å². The number of carbonyl (C=O) groups excluding carboxylic acids is 1. The summed E-state index contributed by atoms with van der Waals surface area (Å²) in [5.41, 5.74) is -1.04. The second-order valence-electron chi connectivity index (χ2n) is 3.11. The Morgan fingerprint density at radius 1 is 1.56 bits per heavy atom. The van der Waals surface area contributed by atoms with E-state index in [4.69, 9.17) is 11.6 Å². The lowest BCUT2D eigenvalue weighted by molar-refractivity contribution is -0.139. The molecule has 1 rings (SSSR count). The lowest BCUT2D eigenvalue weighted by Crippen LogP contribution is -2.06. The van der Waals surface area contributed by atoms with Crippen LogP contribution in [0.1, 0.15) is 17.5 Å². The molecule has 18 heavy (non-hydrogen) atoms. The number of methoxy groups -OCH3 is 1. The van der Waals surface area contributed by atoms with Crippen molar-refractivity contribution in [1.82, 2.24) is 4.98 Å². The average Bonchev–Trinajstić information content (AvgIpc) is 2.29. The first kappa shape index (κ1) is 14.3. The molecule has 0 aliphatic heterocycles. The van der Waals surface area contributed by atoms with Crippen molar-refractivity contribution in [3.63, 3.8) is 0 Å². The van der Waals surface area contributed by atoms with Crippen LogP contribution >= 0.6 is 11.6 Å². The van der Waals surface area contributed by atoms with Gasteiger partial charge in [0.15, 0.2) is 0 Å². The van der Waals surface area contributed by atoms with Crippen molar-refractivity contribution in [3.05, 3.63) is 28.5 Å². The van der Waals surface area contributed by atoms with E-state index in [0.717, 1.165) is 6.07 Å². The van der Waals surface area contributed by atoms with Gasteiger partial charge in [0.05, 0.1) is 18.2 Å². The summed E-state index contributed by atoms with van der Waals surface area (Å²) in [6, 6.07) is 0.777. The Balaban J connectivity index is 2.98. The van der Waals surface area contributed by atoms with E-state index in [1.807, 2.05) is 0 Å². The van der Waals surface area contributed by atoms with Gasteiger partial charge in [0, 0.05) is 6.20 Å². The smallest absolute Gasteiger partial charge is 0.417 e. The highest BCUT2D eigenvalue weighted by atomic mass is 35.5. The number of ether oxygens (including phenoxy) is 1. The first-order chi connectivity index (χ1) is 8.34. The van der Waals surface area contributed by atoms with Crippen LogP contribution in [0.15, 0.2) is 12.3 Å². The third kappa shape index (κ3) is 3.93. The van der Waals surface area contributed by atoms with E-state index in [9.17, 15) is 18.0 Å². The molecule has 0 spiro atoms. The third-order valence-electron chi connectivity index (χ3n) is 1.85. The number of esters is 1. The standard InChI is InChI=1S/C11H7ClF3NO2/c1-18-9(17)4-2-3-7-5-8(11(13,14)15)6-16-10(7)12/h5-6H,4H2,1H3. The van der Waals surface area contributed by atoms with Crippen molar-refractivity contribution in [2.75, 3.05) is 7.11 Å². The zero-order chi connectivity index (χ0) is 13.8. The van der Waals surface area contributed by atoms with Crippen molar-refractivity contribution in [2.45, 2.75) is 12.6 Å². The number of alkyl halides is 3. The number of carbonyl (C=O) groups is 1. The molecule has 96 valence electrons. The lowest BCUT2D eigenvalue weighted by Gasteiger charge is -2.06. The number of halogens is 4. The molecule has 0 aliphatic rings. The Labute approximate surface area is 106 Å². The fraction of sp³-hybridized carbons (Fsp3) is 0.273. The molecule has 1 aromatic heterocycles. The minimum atomic E-state index is -4.52. The average molecular weight is 278 g/mol. The van der Waals surface area contributed by atoms with Gasteiger partial charge in [0.25, 0.3) is 0 Å². The Kier molecular flexibility index (Phi) is 4.56. The lowest BCUT2D eigenvalue weighted by atomic mass is 10.2. The van der Waals surface area contributed by atoms with Gasteiger partial charge in [-0.3, -0.25) is 4.79 Å². The highest BCUT2D eigenvalue weighted by Crippen LogP contribution is 2.30. The molecule has 0 aromatic carbocycles. The molecule has 0 atom stereocenters. The molecule has 0 unspecified atom stereocenters. The molecule has 7 heteroatoms. The van der Waals surface area contributed by atoms with Crippen LogP contribution in [0.5, 0.6) is 0 Å². The normalized spacial score (nSPS) is 10.5. The second-order valence-corrected chi connectivity index (χ2v) is 3.47. The Hall–Kier alpha value is -1.74. The summed E-state index contributed by atoms with van der Waals surface area (Å²) in [5, 5.41) is -0.152. The number of hydrogen-bond acceptors (Lipinski definition) is 3. The van der Waals surface area contributed by atoms with Gasteiger partial charge in [0.2, 0.25) is 0 Å². The zero-order valence-electron chi connectivity index (χ0n) is 9.14. The molecule has 0 N–H and O–H groups in total. The van der Waals surface area contributed by atoms with Gasteiger partial charge >= 0.3 is 12.1 Å². The Bertz CT molecular complexity index is 517. The molecular formula is C11H7ClF3NO2. The highest BCUT2D eigenvalue weighted by Gasteiger charge is 2.31. The van der Waals surface area contributed by atoms with Gasteiger partial charge in [-0.05, 0) is 6.07 Å². The van der Waals surface area contributed by atoms with Gasteiger partial charge in [-0.1, -0.05) is 23.4 Å². The molecule has 3 nitrogen and oxygen atoms in total. The maximum absolute atomic E-state index is 12.4. The number of pyridine rings is 1. The minimum absolute atomic E-state index is 0.0876. The number of aromatic nitrogens is 1. The summed E-state index contributed by atoms with van der Waals surface area (Å²) in [5.74, 6) is 4.12. The fourth-order valence-electron chi connectivity index (χ4n) is 0.975. The molecule has 0 saturated heterocycles. The molecule has 0 radical (unpaired) electrons. The van der Waals surface area contributed by atoms with Gasteiger partial charge in [-0.25, -0.2) is 4.98 Å². The molecule has 0 bridgehead atoms. The Morgan fingerprint density at radius 3 is 2.78 bits per heavy atom. The molecule has 0 aliphatic carbocycles.